The van der Waals surface area contributed by atoms with Gasteiger partial charge in [0.25, 0.3) is 5.91 Å². The maximum atomic E-state index is 12.5. The molecule has 0 aliphatic heterocycles. The third kappa shape index (κ3) is 3.52. The molecule has 27 heavy (non-hydrogen) atoms. The summed E-state index contributed by atoms with van der Waals surface area (Å²) >= 11 is 1.41. The number of nitrogens with one attached hydrogen (secondary N) is 1. The highest BCUT2D eigenvalue weighted by Gasteiger charge is 2.16. The molecule has 134 valence electrons. The van der Waals surface area contributed by atoms with Crippen LogP contribution in [0, 0.1) is 13.8 Å². The molecule has 0 fully saturated rings. The van der Waals surface area contributed by atoms with Crippen LogP contribution in [-0.4, -0.2) is 21.9 Å². The second kappa shape index (κ2) is 7.17. The molecule has 2 aromatic carbocycles. The molecule has 6 heteroatoms. The minimum absolute atomic E-state index is 0.224. The van der Waals surface area contributed by atoms with E-state index >= 15 is 0 Å². The number of fused-ring (bicyclic) bond motifs is 1. The summed E-state index contributed by atoms with van der Waals surface area (Å²) < 4.78 is 1.88. The van der Waals surface area contributed by atoms with Crippen molar-refractivity contribution in [3.63, 3.8) is 0 Å². The fourth-order valence-corrected chi connectivity index (χ4v) is 3.85. The highest BCUT2D eigenvalue weighted by Crippen LogP contribution is 2.30. The topological polar surface area (TPSA) is 59.3 Å². The fourth-order valence-electron chi connectivity index (χ4n) is 2.78. The van der Waals surface area contributed by atoms with Crippen LogP contribution in [-0.2, 0) is 0 Å². The number of rotatable bonds is 4. The lowest BCUT2D eigenvalue weighted by Gasteiger charge is -2.01. The molecular weight excluding hydrogens is 356 g/mol. The zero-order valence-corrected chi connectivity index (χ0v) is 15.8. The average Bonchev–Trinajstić information content (AvgIpc) is 3.25. The van der Waals surface area contributed by atoms with Gasteiger partial charge in [0.05, 0.1) is 22.5 Å². The van der Waals surface area contributed by atoms with Crippen molar-refractivity contribution in [1.82, 2.24) is 15.2 Å². The van der Waals surface area contributed by atoms with Gasteiger partial charge in [0.2, 0.25) is 0 Å². The summed E-state index contributed by atoms with van der Waals surface area (Å²) in [4.78, 5) is 14.0. The fraction of sp³-hybridized carbons (Fsp3) is 0.0952. The summed E-state index contributed by atoms with van der Waals surface area (Å²) in [6.07, 6.45) is 1.64. The zero-order chi connectivity index (χ0) is 18.8. The van der Waals surface area contributed by atoms with Gasteiger partial charge in [0, 0.05) is 5.39 Å². The molecule has 0 radical (unpaired) electrons. The lowest BCUT2D eigenvalue weighted by molar-refractivity contribution is 0.0959. The molecule has 0 atom stereocenters. The van der Waals surface area contributed by atoms with Gasteiger partial charge in [-0.05, 0) is 37.6 Å². The van der Waals surface area contributed by atoms with Gasteiger partial charge in [-0.2, -0.15) is 10.2 Å². The molecule has 0 aliphatic carbocycles. The van der Waals surface area contributed by atoms with Gasteiger partial charge in [-0.15, -0.1) is 11.3 Å². The Morgan fingerprint density at radius 1 is 1.11 bits per heavy atom. The molecule has 4 rings (SSSR count). The van der Waals surface area contributed by atoms with Crippen molar-refractivity contribution in [2.24, 2.45) is 5.10 Å². The van der Waals surface area contributed by atoms with E-state index < -0.39 is 0 Å². The number of para-hydroxylation sites is 1. The average molecular weight is 374 g/mol. The van der Waals surface area contributed by atoms with E-state index in [1.165, 1.54) is 16.9 Å². The molecule has 5 nitrogen and oxygen atoms in total. The van der Waals surface area contributed by atoms with Gasteiger partial charge in [-0.3, -0.25) is 4.79 Å². The minimum Gasteiger partial charge on any atom is -0.266 e. The quantitative estimate of drug-likeness (QED) is 0.423. The van der Waals surface area contributed by atoms with Crippen LogP contribution in [0.4, 0.5) is 0 Å². The number of hydrogen-bond acceptors (Lipinski definition) is 4. The SMILES string of the molecule is Cc1ccc(/C=N/NC(=O)c2cc3c(C)nn(-c4ccccc4)c3s2)cc1. The molecule has 0 spiro atoms. The van der Waals surface area contributed by atoms with E-state index in [9.17, 15) is 4.79 Å². The van der Waals surface area contributed by atoms with Crippen LogP contribution in [0.1, 0.15) is 26.5 Å². The second-order valence-corrected chi connectivity index (χ2v) is 7.30. The largest absolute Gasteiger partial charge is 0.281 e. The molecule has 0 saturated carbocycles. The van der Waals surface area contributed by atoms with Crippen LogP contribution in [0.3, 0.4) is 0 Å². The van der Waals surface area contributed by atoms with Crippen molar-refractivity contribution >= 4 is 33.7 Å². The van der Waals surface area contributed by atoms with E-state index in [-0.39, 0.29) is 5.91 Å². The summed E-state index contributed by atoms with van der Waals surface area (Å²) in [5, 5.41) is 9.64. The molecule has 2 heterocycles. The smallest absolute Gasteiger partial charge is 0.266 e. The first-order valence-corrected chi connectivity index (χ1v) is 9.38. The number of hydrazone groups is 1. The van der Waals surface area contributed by atoms with Gasteiger partial charge in [0.1, 0.15) is 4.83 Å². The molecule has 0 bridgehead atoms. The van der Waals surface area contributed by atoms with Crippen LogP contribution in [0.2, 0.25) is 0 Å². The molecular formula is C21H18N4OS. The summed E-state index contributed by atoms with van der Waals surface area (Å²) in [5.41, 5.74) is 6.59. The van der Waals surface area contributed by atoms with Crippen molar-refractivity contribution in [2.75, 3.05) is 0 Å². The number of hydrogen-bond donors (Lipinski definition) is 1. The summed E-state index contributed by atoms with van der Waals surface area (Å²) in [7, 11) is 0. The minimum atomic E-state index is -0.224. The van der Waals surface area contributed by atoms with Crippen LogP contribution in [0.15, 0.2) is 65.8 Å². The maximum Gasteiger partial charge on any atom is 0.281 e. The maximum absolute atomic E-state index is 12.5. The van der Waals surface area contributed by atoms with Gasteiger partial charge in [0.15, 0.2) is 0 Å². The molecule has 4 aromatic rings. The Balaban J connectivity index is 1.57. The van der Waals surface area contributed by atoms with Gasteiger partial charge >= 0.3 is 0 Å². The molecule has 2 aromatic heterocycles. The van der Waals surface area contributed by atoms with Gasteiger partial charge < -0.3 is 0 Å². The number of carbonyl (C=O) groups excluding carboxylic acids is 1. The first-order chi connectivity index (χ1) is 13.1. The van der Waals surface area contributed by atoms with Crippen LogP contribution < -0.4 is 5.43 Å². The standard InChI is InChI=1S/C21H18N4OS/c1-14-8-10-16(11-9-14)13-22-23-20(26)19-12-18-15(2)24-25(21(18)27-19)17-6-4-3-5-7-17/h3-13H,1-2H3,(H,23,26)/b22-13+. The number of amides is 1. The number of carbonyl (C=O) groups is 1. The Hall–Kier alpha value is -3.25. The van der Waals surface area contributed by atoms with E-state index in [0.717, 1.165) is 27.2 Å². The van der Waals surface area contributed by atoms with Crippen molar-refractivity contribution in [3.8, 4) is 5.69 Å². The van der Waals surface area contributed by atoms with E-state index in [0.29, 0.717) is 4.88 Å². The number of thiophene rings is 1. The number of aryl methyl sites for hydroxylation is 2. The van der Waals surface area contributed by atoms with Gasteiger partial charge in [-0.1, -0.05) is 48.0 Å². The Bertz CT molecular complexity index is 1120. The van der Waals surface area contributed by atoms with Crippen LogP contribution in [0.5, 0.6) is 0 Å². The predicted octanol–water partition coefficient (Wildman–Crippen LogP) is 4.47. The highest BCUT2D eigenvalue weighted by molar-refractivity contribution is 7.20. The van der Waals surface area contributed by atoms with E-state index in [1.54, 1.807) is 6.21 Å². The Labute approximate surface area is 161 Å². The summed E-state index contributed by atoms with van der Waals surface area (Å²) in [5.74, 6) is -0.224. The van der Waals surface area contributed by atoms with E-state index in [4.69, 9.17) is 0 Å². The molecule has 1 amide bonds. The highest BCUT2D eigenvalue weighted by atomic mass is 32.1. The second-order valence-electron chi connectivity index (χ2n) is 6.27. The molecule has 1 N–H and O–H groups in total. The lowest BCUT2D eigenvalue weighted by Crippen LogP contribution is -2.16. The first-order valence-electron chi connectivity index (χ1n) is 8.56. The normalized spacial score (nSPS) is 11.3. The third-order valence-electron chi connectivity index (χ3n) is 4.23. The van der Waals surface area contributed by atoms with Crippen LogP contribution >= 0.6 is 11.3 Å². The van der Waals surface area contributed by atoms with Crippen molar-refractivity contribution in [3.05, 3.63) is 82.4 Å². The Morgan fingerprint density at radius 2 is 1.85 bits per heavy atom. The molecule has 0 saturated heterocycles. The van der Waals surface area contributed by atoms with Crippen molar-refractivity contribution in [2.45, 2.75) is 13.8 Å². The Kier molecular flexibility index (Phi) is 4.56. The van der Waals surface area contributed by atoms with E-state index in [2.05, 4.69) is 15.6 Å². The molecule has 0 unspecified atom stereocenters. The number of aromatic nitrogens is 2. The third-order valence-corrected chi connectivity index (χ3v) is 5.34. The van der Waals surface area contributed by atoms with Crippen molar-refractivity contribution < 1.29 is 4.79 Å². The van der Waals surface area contributed by atoms with E-state index in [1.807, 2.05) is 79.2 Å². The van der Waals surface area contributed by atoms with Crippen LogP contribution in [0.25, 0.3) is 15.9 Å². The molecule has 0 aliphatic rings. The zero-order valence-electron chi connectivity index (χ0n) is 15.0. The van der Waals surface area contributed by atoms with Crippen molar-refractivity contribution in [1.29, 1.82) is 0 Å². The monoisotopic (exact) mass is 374 g/mol. The Morgan fingerprint density at radius 3 is 2.59 bits per heavy atom. The summed E-state index contributed by atoms with van der Waals surface area (Å²) in [6, 6.07) is 19.7. The lowest BCUT2D eigenvalue weighted by atomic mass is 10.2. The summed E-state index contributed by atoms with van der Waals surface area (Å²) in [6.45, 7) is 3.98. The first kappa shape index (κ1) is 17.2. The number of benzene rings is 2. The predicted molar refractivity (Wildman–Crippen MR) is 110 cm³/mol. The van der Waals surface area contributed by atoms with Gasteiger partial charge in [-0.25, -0.2) is 10.1 Å². The number of nitrogens with zero attached hydrogens (tertiary/aromatic N) is 3.